The summed E-state index contributed by atoms with van der Waals surface area (Å²) in [6.07, 6.45) is 1.29. The first kappa shape index (κ1) is 13.1. The third-order valence-corrected chi connectivity index (χ3v) is 3.92. The number of hydrazine groups is 1. The van der Waals surface area contributed by atoms with Crippen molar-refractivity contribution in [1.82, 2.24) is 5.43 Å². The molecule has 1 heterocycles. The van der Waals surface area contributed by atoms with E-state index in [1.165, 1.54) is 0 Å². The highest BCUT2D eigenvalue weighted by Crippen LogP contribution is 2.33. The molecule has 0 aliphatic carbocycles. The van der Waals surface area contributed by atoms with Crippen molar-refractivity contribution in [2.45, 2.75) is 25.5 Å². The molecule has 94 valence electrons. The number of ether oxygens (including phenoxy) is 1. The van der Waals surface area contributed by atoms with Gasteiger partial charge < -0.3 is 4.74 Å². The van der Waals surface area contributed by atoms with Crippen molar-refractivity contribution < 1.29 is 4.74 Å². The van der Waals surface area contributed by atoms with Crippen LogP contribution < -0.4 is 11.3 Å². The van der Waals surface area contributed by atoms with Crippen LogP contribution >= 0.6 is 23.2 Å². The normalized spacial score (nSPS) is 26.1. The standard InChI is InChI=1S/C12H16Cl2N2O/c1-7-4-9(6-17-7)12(16-15)8-2-3-10(13)11(14)5-8/h2-3,5,7,9,12,16H,4,6,15H2,1H3. The molecule has 0 saturated carbocycles. The SMILES string of the molecule is CC1CC(C(NN)c2ccc(Cl)c(Cl)c2)CO1. The lowest BCUT2D eigenvalue weighted by molar-refractivity contribution is 0.117. The van der Waals surface area contributed by atoms with Gasteiger partial charge in [-0.25, -0.2) is 0 Å². The van der Waals surface area contributed by atoms with E-state index >= 15 is 0 Å². The first-order valence-corrected chi connectivity index (χ1v) is 6.40. The number of hydrogen-bond acceptors (Lipinski definition) is 3. The van der Waals surface area contributed by atoms with Crippen LogP contribution in [0.25, 0.3) is 0 Å². The second-order valence-corrected chi connectivity index (χ2v) is 5.27. The monoisotopic (exact) mass is 274 g/mol. The minimum absolute atomic E-state index is 0.0507. The molecule has 0 bridgehead atoms. The molecule has 3 unspecified atom stereocenters. The van der Waals surface area contributed by atoms with Gasteiger partial charge in [-0.3, -0.25) is 11.3 Å². The van der Waals surface area contributed by atoms with Gasteiger partial charge in [0.15, 0.2) is 0 Å². The van der Waals surface area contributed by atoms with E-state index in [2.05, 4.69) is 12.3 Å². The largest absolute Gasteiger partial charge is 0.378 e. The molecule has 1 saturated heterocycles. The summed E-state index contributed by atoms with van der Waals surface area (Å²) in [5.74, 6) is 6.00. The van der Waals surface area contributed by atoms with Crippen molar-refractivity contribution in [3.8, 4) is 0 Å². The quantitative estimate of drug-likeness (QED) is 0.658. The highest BCUT2D eigenvalue weighted by atomic mass is 35.5. The molecule has 0 radical (unpaired) electrons. The summed E-state index contributed by atoms with van der Waals surface area (Å²) in [6, 6.07) is 5.65. The highest BCUT2D eigenvalue weighted by Gasteiger charge is 2.30. The number of nitrogens with two attached hydrogens (primary N) is 1. The van der Waals surface area contributed by atoms with Crippen molar-refractivity contribution >= 4 is 23.2 Å². The van der Waals surface area contributed by atoms with E-state index in [0.717, 1.165) is 18.6 Å². The van der Waals surface area contributed by atoms with Gasteiger partial charge in [-0.2, -0.15) is 0 Å². The number of hydrogen-bond donors (Lipinski definition) is 2. The molecule has 2 rings (SSSR count). The lowest BCUT2D eigenvalue weighted by atomic mass is 9.91. The van der Waals surface area contributed by atoms with Crippen LogP contribution in [-0.2, 0) is 4.74 Å². The van der Waals surface area contributed by atoms with Crippen LogP contribution in [0, 0.1) is 5.92 Å². The van der Waals surface area contributed by atoms with Crippen LogP contribution in [-0.4, -0.2) is 12.7 Å². The number of nitrogens with one attached hydrogen (secondary N) is 1. The van der Waals surface area contributed by atoms with Crippen molar-refractivity contribution in [3.63, 3.8) is 0 Å². The Kier molecular flexibility index (Phi) is 4.28. The van der Waals surface area contributed by atoms with Crippen molar-refractivity contribution in [2.24, 2.45) is 11.8 Å². The summed E-state index contributed by atoms with van der Waals surface area (Å²) in [5.41, 5.74) is 3.89. The molecule has 0 aromatic heterocycles. The minimum atomic E-state index is 0.0507. The van der Waals surface area contributed by atoms with E-state index in [4.69, 9.17) is 33.8 Å². The van der Waals surface area contributed by atoms with Crippen LogP contribution in [0.5, 0.6) is 0 Å². The lowest BCUT2D eigenvalue weighted by Crippen LogP contribution is -2.34. The Bertz CT molecular complexity index is 400. The fourth-order valence-corrected chi connectivity index (χ4v) is 2.60. The van der Waals surface area contributed by atoms with Gasteiger partial charge >= 0.3 is 0 Å². The van der Waals surface area contributed by atoms with Crippen LogP contribution in [0.3, 0.4) is 0 Å². The predicted octanol–water partition coefficient (Wildman–Crippen LogP) is 2.92. The lowest BCUT2D eigenvalue weighted by Gasteiger charge is -2.22. The number of benzene rings is 1. The average Bonchev–Trinajstić information content (AvgIpc) is 2.71. The molecule has 1 aromatic carbocycles. The van der Waals surface area contributed by atoms with Gasteiger partial charge in [-0.1, -0.05) is 29.3 Å². The van der Waals surface area contributed by atoms with E-state index in [0.29, 0.717) is 22.1 Å². The number of halogens is 2. The Morgan fingerprint density at radius 2 is 2.18 bits per heavy atom. The Morgan fingerprint density at radius 3 is 2.71 bits per heavy atom. The van der Waals surface area contributed by atoms with E-state index in [1.54, 1.807) is 6.07 Å². The van der Waals surface area contributed by atoms with Gasteiger partial charge in [0.25, 0.3) is 0 Å². The molecule has 17 heavy (non-hydrogen) atoms. The molecule has 3 N–H and O–H groups in total. The molecule has 1 fully saturated rings. The van der Waals surface area contributed by atoms with Gasteiger partial charge in [0, 0.05) is 5.92 Å². The molecule has 5 heteroatoms. The zero-order chi connectivity index (χ0) is 12.4. The molecular formula is C12H16Cl2N2O. The highest BCUT2D eigenvalue weighted by molar-refractivity contribution is 6.42. The molecule has 0 spiro atoms. The van der Waals surface area contributed by atoms with E-state index < -0.39 is 0 Å². The average molecular weight is 275 g/mol. The van der Waals surface area contributed by atoms with Crippen LogP contribution in [0.1, 0.15) is 24.9 Å². The molecule has 1 aliphatic rings. The van der Waals surface area contributed by atoms with Gasteiger partial charge in [0.05, 0.1) is 28.8 Å². The first-order valence-electron chi connectivity index (χ1n) is 5.64. The van der Waals surface area contributed by atoms with E-state index in [1.807, 2.05) is 12.1 Å². The van der Waals surface area contributed by atoms with Gasteiger partial charge in [-0.05, 0) is 31.0 Å². The first-order chi connectivity index (χ1) is 8.11. The molecule has 0 amide bonds. The molecular weight excluding hydrogens is 259 g/mol. The molecule has 1 aromatic rings. The maximum atomic E-state index is 6.02. The maximum absolute atomic E-state index is 6.02. The number of rotatable bonds is 3. The second kappa shape index (κ2) is 5.55. The fourth-order valence-electron chi connectivity index (χ4n) is 2.29. The zero-order valence-corrected chi connectivity index (χ0v) is 11.1. The summed E-state index contributed by atoms with van der Waals surface area (Å²) in [4.78, 5) is 0. The summed E-state index contributed by atoms with van der Waals surface area (Å²) in [6.45, 7) is 2.79. The fraction of sp³-hybridized carbons (Fsp3) is 0.500. The summed E-state index contributed by atoms with van der Waals surface area (Å²) < 4.78 is 5.57. The van der Waals surface area contributed by atoms with Crippen molar-refractivity contribution in [2.75, 3.05) is 6.61 Å². The van der Waals surface area contributed by atoms with E-state index in [-0.39, 0.29) is 6.04 Å². The Balaban J connectivity index is 2.20. The van der Waals surface area contributed by atoms with Crippen LogP contribution in [0.4, 0.5) is 0 Å². The molecule has 3 nitrogen and oxygen atoms in total. The maximum Gasteiger partial charge on any atom is 0.0595 e. The van der Waals surface area contributed by atoms with Crippen LogP contribution in [0.2, 0.25) is 10.0 Å². The van der Waals surface area contributed by atoms with Crippen molar-refractivity contribution in [1.29, 1.82) is 0 Å². The second-order valence-electron chi connectivity index (χ2n) is 4.46. The Labute approximate surface area is 111 Å². The topological polar surface area (TPSA) is 47.3 Å². The summed E-state index contributed by atoms with van der Waals surface area (Å²) in [7, 11) is 0. The molecule has 3 atom stereocenters. The predicted molar refractivity (Wildman–Crippen MR) is 70.0 cm³/mol. The van der Waals surface area contributed by atoms with Crippen molar-refractivity contribution in [3.05, 3.63) is 33.8 Å². The summed E-state index contributed by atoms with van der Waals surface area (Å²) in [5, 5.41) is 1.11. The Hall–Kier alpha value is -0.320. The minimum Gasteiger partial charge on any atom is -0.378 e. The zero-order valence-electron chi connectivity index (χ0n) is 9.62. The molecule has 1 aliphatic heterocycles. The van der Waals surface area contributed by atoms with Gasteiger partial charge in [-0.15, -0.1) is 0 Å². The Morgan fingerprint density at radius 1 is 1.41 bits per heavy atom. The van der Waals surface area contributed by atoms with E-state index in [9.17, 15) is 0 Å². The van der Waals surface area contributed by atoms with Crippen LogP contribution in [0.15, 0.2) is 18.2 Å². The van der Waals surface area contributed by atoms with Gasteiger partial charge in [0.1, 0.15) is 0 Å². The van der Waals surface area contributed by atoms with Gasteiger partial charge in [0.2, 0.25) is 0 Å². The third kappa shape index (κ3) is 2.92. The smallest absolute Gasteiger partial charge is 0.0595 e. The third-order valence-electron chi connectivity index (χ3n) is 3.18. The summed E-state index contributed by atoms with van der Waals surface area (Å²) >= 11 is 11.9.